The summed E-state index contributed by atoms with van der Waals surface area (Å²) in [5.74, 6) is -1.77. The second kappa shape index (κ2) is 4.07. The number of ether oxygens (including phenoxy) is 2. The minimum atomic E-state index is -0.761. The lowest BCUT2D eigenvalue weighted by Crippen LogP contribution is -2.21. The molecule has 4 heteroatoms. The molecule has 0 saturated carbocycles. The maximum Gasteiger partial charge on any atom is 0.321 e. The third kappa shape index (κ3) is 2.08. The Balaban J connectivity index is 2.56. The van der Waals surface area contributed by atoms with Gasteiger partial charge in [-0.2, -0.15) is 0 Å². The van der Waals surface area contributed by atoms with Crippen molar-refractivity contribution in [3.05, 3.63) is 12.7 Å². The monoisotopic (exact) mass is 184 g/mol. The first kappa shape index (κ1) is 9.77. The number of cyclic esters (lactones) is 1. The standard InChI is InChI=1S/C9H12O4/c1-3-6-5-7(9(11)13-6)8(10)12-4-2/h3,6-7H,1,4-5H2,2H3/t6-,7-/m0/s1. The zero-order chi connectivity index (χ0) is 9.84. The van der Waals surface area contributed by atoms with E-state index in [4.69, 9.17) is 9.47 Å². The van der Waals surface area contributed by atoms with Crippen LogP contribution in [0.15, 0.2) is 12.7 Å². The molecule has 1 rings (SSSR count). The van der Waals surface area contributed by atoms with Crippen LogP contribution in [-0.2, 0) is 19.1 Å². The summed E-state index contributed by atoms with van der Waals surface area (Å²) in [6.45, 7) is 5.46. The molecule has 0 bridgehead atoms. The van der Waals surface area contributed by atoms with Crippen LogP contribution in [0, 0.1) is 5.92 Å². The van der Waals surface area contributed by atoms with Gasteiger partial charge >= 0.3 is 11.9 Å². The second-order valence-corrected chi connectivity index (χ2v) is 2.75. The number of carbonyl (C=O) groups is 2. The molecule has 1 aliphatic rings. The summed E-state index contributed by atoms with van der Waals surface area (Å²) in [5.41, 5.74) is 0. The van der Waals surface area contributed by atoms with Crippen LogP contribution in [0.5, 0.6) is 0 Å². The van der Waals surface area contributed by atoms with Gasteiger partial charge in [0.1, 0.15) is 6.10 Å². The maximum absolute atomic E-state index is 11.2. The Kier molecular flexibility index (Phi) is 3.06. The van der Waals surface area contributed by atoms with Crippen molar-refractivity contribution in [3.8, 4) is 0 Å². The van der Waals surface area contributed by atoms with Crippen LogP contribution in [0.4, 0.5) is 0 Å². The van der Waals surface area contributed by atoms with Crippen molar-refractivity contribution in [1.29, 1.82) is 0 Å². The largest absolute Gasteiger partial charge is 0.465 e. The first-order chi connectivity index (χ1) is 6.19. The Morgan fingerprint density at radius 1 is 1.85 bits per heavy atom. The highest BCUT2D eigenvalue weighted by Gasteiger charge is 2.39. The third-order valence-electron chi connectivity index (χ3n) is 1.85. The van der Waals surface area contributed by atoms with Gasteiger partial charge in [-0.25, -0.2) is 0 Å². The zero-order valence-electron chi connectivity index (χ0n) is 7.49. The molecule has 0 spiro atoms. The predicted octanol–water partition coefficient (Wildman–Crippen LogP) is 0.667. The molecular formula is C9H12O4. The molecule has 72 valence electrons. The van der Waals surface area contributed by atoms with E-state index < -0.39 is 17.9 Å². The summed E-state index contributed by atoms with van der Waals surface area (Å²) in [6.07, 6.45) is 1.51. The van der Waals surface area contributed by atoms with E-state index in [-0.39, 0.29) is 12.7 Å². The van der Waals surface area contributed by atoms with Gasteiger partial charge in [-0.3, -0.25) is 9.59 Å². The molecule has 0 aromatic heterocycles. The van der Waals surface area contributed by atoms with E-state index >= 15 is 0 Å². The van der Waals surface area contributed by atoms with Crippen LogP contribution in [0.1, 0.15) is 13.3 Å². The van der Waals surface area contributed by atoms with Gasteiger partial charge in [0.25, 0.3) is 0 Å². The minimum Gasteiger partial charge on any atom is -0.465 e. The molecule has 4 nitrogen and oxygen atoms in total. The summed E-state index contributed by atoms with van der Waals surface area (Å²) in [4.78, 5) is 22.2. The van der Waals surface area contributed by atoms with E-state index in [0.29, 0.717) is 6.42 Å². The highest BCUT2D eigenvalue weighted by molar-refractivity contribution is 5.96. The zero-order valence-corrected chi connectivity index (χ0v) is 7.49. The fourth-order valence-corrected chi connectivity index (χ4v) is 1.19. The number of hydrogen-bond acceptors (Lipinski definition) is 4. The van der Waals surface area contributed by atoms with Gasteiger partial charge in [-0.1, -0.05) is 12.7 Å². The molecule has 2 atom stereocenters. The van der Waals surface area contributed by atoms with Gasteiger partial charge in [-0.05, 0) is 6.92 Å². The molecule has 0 aromatic rings. The van der Waals surface area contributed by atoms with E-state index in [1.807, 2.05) is 0 Å². The topological polar surface area (TPSA) is 52.6 Å². The summed E-state index contributed by atoms with van der Waals surface area (Å²) >= 11 is 0. The number of hydrogen-bond donors (Lipinski definition) is 0. The third-order valence-corrected chi connectivity index (χ3v) is 1.85. The molecule has 1 fully saturated rings. The van der Waals surface area contributed by atoms with Crippen LogP contribution < -0.4 is 0 Å². The van der Waals surface area contributed by atoms with Gasteiger partial charge in [0.15, 0.2) is 5.92 Å². The van der Waals surface area contributed by atoms with E-state index in [0.717, 1.165) is 0 Å². The van der Waals surface area contributed by atoms with Gasteiger partial charge < -0.3 is 9.47 Å². The SMILES string of the molecule is C=C[C@H]1C[C@@H](C(=O)OCC)C(=O)O1. The Morgan fingerprint density at radius 2 is 2.54 bits per heavy atom. The molecule has 0 amide bonds. The predicted molar refractivity (Wildman–Crippen MR) is 44.8 cm³/mol. The Morgan fingerprint density at radius 3 is 3.00 bits per heavy atom. The Bertz CT molecular complexity index is 234. The second-order valence-electron chi connectivity index (χ2n) is 2.75. The summed E-state index contributed by atoms with van der Waals surface area (Å²) in [7, 11) is 0. The molecule has 13 heavy (non-hydrogen) atoms. The molecule has 0 aliphatic carbocycles. The highest BCUT2D eigenvalue weighted by atomic mass is 16.6. The molecular weight excluding hydrogens is 172 g/mol. The van der Waals surface area contributed by atoms with Crippen molar-refractivity contribution in [3.63, 3.8) is 0 Å². The van der Waals surface area contributed by atoms with Crippen LogP contribution in [0.2, 0.25) is 0 Å². The quantitative estimate of drug-likeness (QED) is 0.367. The van der Waals surface area contributed by atoms with Crippen molar-refractivity contribution in [1.82, 2.24) is 0 Å². The lowest BCUT2D eigenvalue weighted by Gasteiger charge is -2.03. The van der Waals surface area contributed by atoms with Gasteiger partial charge in [0.2, 0.25) is 0 Å². The number of rotatable bonds is 3. The lowest BCUT2D eigenvalue weighted by atomic mass is 10.1. The van der Waals surface area contributed by atoms with E-state index in [1.165, 1.54) is 6.08 Å². The first-order valence-corrected chi connectivity index (χ1v) is 4.18. The van der Waals surface area contributed by atoms with Crippen LogP contribution in [0.25, 0.3) is 0 Å². The van der Waals surface area contributed by atoms with E-state index in [2.05, 4.69) is 6.58 Å². The Labute approximate surface area is 76.5 Å². The lowest BCUT2D eigenvalue weighted by molar-refractivity contribution is -0.155. The number of esters is 2. The maximum atomic E-state index is 11.2. The average molecular weight is 184 g/mol. The highest BCUT2D eigenvalue weighted by Crippen LogP contribution is 2.22. The van der Waals surface area contributed by atoms with Crippen LogP contribution >= 0.6 is 0 Å². The van der Waals surface area contributed by atoms with Crippen LogP contribution in [-0.4, -0.2) is 24.6 Å². The molecule has 1 saturated heterocycles. The van der Waals surface area contributed by atoms with Crippen LogP contribution in [0.3, 0.4) is 0 Å². The molecule has 0 radical (unpaired) electrons. The van der Waals surface area contributed by atoms with Crippen molar-refractivity contribution >= 4 is 11.9 Å². The van der Waals surface area contributed by atoms with Gasteiger partial charge in [0, 0.05) is 6.42 Å². The van der Waals surface area contributed by atoms with Crippen molar-refractivity contribution in [2.75, 3.05) is 6.61 Å². The molecule has 1 heterocycles. The minimum absolute atomic E-state index is 0.279. The average Bonchev–Trinajstić information content (AvgIpc) is 2.47. The molecule has 0 aromatic carbocycles. The summed E-state index contributed by atoms with van der Waals surface area (Å²) in [5, 5.41) is 0. The van der Waals surface area contributed by atoms with Crippen molar-refractivity contribution < 1.29 is 19.1 Å². The molecule has 0 unspecified atom stereocenters. The van der Waals surface area contributed by atoms with Crippen molar-refractivity contribution in [2.45, 2.75) is 19.4 Å². The van der Waals surface area contributed by atoms with Gasteiger partial charge in [0.05, 0.1) is 6.61 Å². The first-order valence-electron chi connectivity index (χ1n) is 4.18. The fourth-order valence-electron chi connectivity index (χ4n) is 1.19. The van der Waals surface area contributed by atoms with Crippen molar-refractivity contribution in [2.24, 2.45) is 5.92 Å². The fraction of sp³-hybridized carbons (Fsp3) is 0.556. The molecule has 1 aliphatic heterocycles. The van der Waals surface area contributed by atoms with Gasteiger partial charge in [-0.15, -0.1) is 0 Å². The Hall–Kier alpha value is -1.32. The van der Waals surface area contributed by atoms with E-state index in [9.17, 15) is 9.59 Å². The molecule has 0 N–H and O–H groups in total. The normalized spacial score (nSPS) is 26.7. The van der Waals surface area contributed by atoms with E-state index in [1.54, 1.807) is 6.92 Å². The number of carbonyl (C=O) groups excluding carboxylic acids is 2. The smallest absolute Gasteiger partial charge is 0.321 e. The summed E-state index contributed by atoms with van der Waals surface area (Å²) in [6, 6.07) is 0. The summed E-state index contributed by atoms with van der Waals surface area (Å²) < 4.78 is 9.55.